The van der Waals surface area contributed by atoms with Crippen LogP contribution in [0.15, 0.2) is 22.6 Å². The van der Waals surface area contributed by atoms with Crippen molar-refractivity contribution in [1.29, 1.82) is 0 Å². The van der Waals surface area contributed by atoms with Crippen LogP contribution in [0.25, 0.3) is 11.1 Å². The van der Waals surface area contributed by atoms with Crippen molar-refractivity contribution in [2.24, 2.45) is 11.1 Å². The van der Waals surface area contributed by atoms with Crippen molar-refractivity contribution in [3.8, 4) is 0 Å². The summed E-state index contributed by atoms with van der Waals surface area (Å²) in [5.74, 6) is 0.396. The van der Waals surface area contributed by atoms with Crippen LogP contribution in [0.1, 0.15) is 26.7 Å². The van der Waals surface area contributed by atoms with E-state index in [1.165, 1.54) is 0 Å². The number of hydrogen-bond donors (Lipinski definition) is 2. The fourth-order valence-electron chi connectivity index (χ4n) is 1.73. The summed E-state index contributed by atoms with van der Waals surface area (Å²) in [5.41, 5.74) is 7.72. The number of nitrogens with two attached hydrogens (primary N) is 1. The third-order valence-electron chi connectivity index (χ3n) is 2.98. The van der Waals surface area contributed by atoms with Gasteiger partial charge in [-0.2, -0.15) is 0 Å². The second-order valence-electron chi connectivity index (χ2n) is 5.75. The van der Waals surface area contributed by atoms with E-state index in [1.54, 1.807) is 19.1 Å². The van der Waals surface area contributed by atoms with E-state index < -0.39 is 6.04 Å². The molecule has 3 N–H and O–H groups in total. The number of carbonyl (C=O) groups is 1. The molecule has 1 aromatic heterocycles. The predicted molar refractivity (Wildman–Crippen MR) is 74.8 cm³/mol. The van der Waals surface area contributed by atoms with E-state index in [1.807, 2.05) is 26.8 Å². The van der Waals surface area contributed by atoms with Crippen molar-refractivity contribution >= 4 is 22.7 Å². The van der Waals surface area contributed by atoms with E-state index in [2.05, 4.69) is 10.3 Å². The smallest absolute Gasteiger partial charge is 0.241 e. The highest BCUT2D eigenvalue weighted by atomic mass is 16.3. The molecule has 0 radical (unpaired) electrons. The fraction of sp³-hybridized carbons (Fsp3) is 0.429. The molecular formula is C14H19N3O2. The molecule has 102 valence electrons. The van der Waals surface area contributed by atoms with Crippen LogP contribution in [0.4, 0.5) is 5.69 Å². The molecule has 5 nitrogen and oxygen atoms in total. The average Bonchev–Trinajstić information content (AvgIpc) is 2.66. The van der Waals surface area contributed by atoms with Gasteiger partial charge in [-0.25, -0.2) is 4.98 Å². The molecule has 2 aromatic rings. The molecule has 1 atom stereocenters. The van der Waals surface area contributed by atoms with Gasteiger partial charge in [-0.05, 0) is 17.5 Å². The number of aryl methyl sites for hydroxylation is 1. The lowest BCUT2D eigenvalue weighted by Crippen LogP contribution is -2.45. The van der Waals surface area contributed by atoms with Gasteiger partial charge in [-0.1, -0.05) is 20.8 Å². The number of anilines is 1. The number of aromatic nitrogens is 1. The standard InChI is InChI=1S/C14H19N3O2/c1-8-16-10-6-5-9(7-11(10)19-8)17-13(18)12(15)14(2,3)4/h5-7,12H,15H2,1-4H3,(H,17,18)/t12-/m1/s1. The molecule has 2 rings (SSSR count). The van der Waals surface area contributed by atoms with Crippen molar-refractivity contribution in [2.75, 3.05) is 5.32 Å². The van der Waals surface area contributed by atoms with Gasteiger partial charge in [0.25, 0.3) is 0 Å². The van der Waals surface area contributed by atoms with Gasteiger partial charge in [-0.3, -0.25) is 4.79 Å². The van der Waals surface area contributed by atoms with E-state index in [-0.39, 0.29) is 11.3 Å². The summed E-state index contributed by atoms with van der Waals surface area (Å²) in [6, 6.07) is 4.78. The van der Waals surface area contributed by atoms with Crippen LogP contribution >= 0.6 is 0 Å². The zero-order valence-electron chi connectivity index (χ0n) is 11.7. The van der Waals surface area contributed by atoms with Crippen molar-refractivity contribution in [3.63, 3.8) is 0 Å². The number of amides is 1. The maximum Gasteiger partial charge on any atom is 0.241 e. The molecule has 0 saturated carbocycles. The number of nitrogens with one attached hydrogen (secondary N) is 1. The van der Waals surface area contributed by atoms with E-state index >= 15 is 0 Å². The molecule has 1 heterocycles. The van der Waals surface area contributed by atoms with Crippen LogP contribution < -0.4 is 11.1 Å². The first-order chi connectivity index (χ1) is 8.77. The Morgan fingerprint density at radius 2 is 2.11 bits per heavy atom. The Hall–Kier alpha value is -1.88. The average molecular weight is 261 g/mol. The Morgan fingerprint density at radius 3 is 2.74 bits per heavy atom. The van der Waals surface area contributed by atoms with Crippen molar-refractivity contribution in [2.45, 2.75) is 33.7 Å². The quantitative estimate of drug-likeness (QED) is 0.870. The van der Waals surface area contributed by atoms with Gasteiger partial charge in [0, 0.05) is 18.7 Å². The molecule has 1 aromatic carbocycles. The van der Waals surface area contributed by atoms with Crippen LogP contribution in [0, 0.1) is 12.3 Å². The first kappa shape index (κ1) is 13.5. The lowest BCUT2D eigenvalue weighted by molar-refractivity contribution is -0.119. The predicted octanol–water partition coefficient (Wildman–Crippen LogP) is 2.45. The highest BCUT2D eigenvalue weighted by Crippen LogP contribution is 2.22. The number of rotatable bonds is 2. The molecule has 0 spiro atoms. The number of fused-ring (bicyclic) bond motifs is 1. The summed E-state index contributed by atoms with van der Waals surface area (Å²) < 4.78 is 5.42. The largest absolute Gasteiger partial charge is 0.441 e. The van der Waals surface area contributed by atoms with Gasteiger partial charge >= 0.3 is 0 Å². The first-order valence-corrected chi connectivity index (χ1v) is 6.21. The van der Waals surface area contributed by atoms with Crippen LogP contribution in [0.5, 0.6) is 0 Å². The maximum atomic E-state index is 12.0. The Morgan fingerprint density at radius 1 is 1.42 bits per heavy atom. The van der Waals surface area contributed by atoms with Gasteiger partial charge < -0.3 is 15.5 Å². The molecule has 0 bridgehead atoms. The summed E-state index contributed by atoms with van der Waals surface area (Å²) in [4.78, 5) is 16.2. The third kappa shape index (κ3) is 2.93. The summed E-state index contributed by atoms with van der Waals surface area (Å²) in [6.45, 7) is 7.58. The Labute approximate surface area is 112 Å². The molecule has 0 saturated heterocycles. The molecular weight excluding hydrogens is 242 g/mol. The highest BCUT2D eigenvalue weighted by molar-refractivity contribution is 5.96. The minimum absolute atomic E-state index is 0.205. The van der Waals surface area contributed by atoms with Crippen molar-refractivity contribution in [1.82, 2.24) is 4.98 Å². The maximum absolute atomic E-state index is 12.0. The molecule has 0 aliphatic rings. The minimum atomic E-state index is -0.570. The normalized spacial score (nSPS) is 13.5. The molecule has 0 fully saturated rings. The van der Waals surface area contributed by atoms with Crippen LogP contribution in [-0.4, -0.2) is 16.9 Å². The highest BCUT2D eigenvalue weighted by Gasteiger charge is 2.27. The zero-order chi connectivity index (χ0) is 14.2. The topological polar surface area (TPSA) is 81.2 Å². The van der Waals surface area contributed by atoms with Gasteiger partial charge in [0.1, 0.15) is 5.52 Å². The number of hydrogen-bond acceptors (Lipinski definition) is 4. The van der Waals surface area contributed by atoms with E-state index in [0.29, 0.717) is 17.2 Å². The minimum Gasteiger partial charge on any atom is -0.441 e. The number of carbonyl (C=O) groups excluding carboxylic acids is 1. The molecule has 19 heavy (non-hydrogen) atoms. The molecule has 1 amide bonds. The lowest BCUT2D eigenvalue weighted by Gasteiger charge is -2.25. The molecule has 0 aliphatic heterocycles. The molecule has 0 unspecified atom stereocenters. The third-order valence-corrected chi connectivity index (χ3v) is 2.98. The van der Waals surface area contributed by atoms with Gasteiger partial charge in [0.05, 0.1) is 6.04 Å². The van der Waals surface area contributed by atoms with Crippen LogP contribution in [0.2, 0.25) is 0 Å². The second-order valence-corrected chi connectivity index (χ2v) is 5.75. The van der Waals surface area contributed by atoms with Gasteiger partial charge in [0.2, 0.25) is 5.91 Å². The Balaban J connectivity index is 2.19. The van der Waals surface area contributed by atoms with Crippen LogP contribution in [0.3, 0.4) is 0 Å². The molecule has 0 aliphatic carbocycles. The molecule has 5 heteroatoms. The fourth-order valence-corrected chi connectivity index (χ4v) is 1.73. The number of nitrogens with zero attached hydrogens (tertiary/aromatic N) is 1. The van der Waals surface area contributed by atoms with Gasteiger partial charge in [0.15, 0.2) is 11.5 Å². The second kappa shape index (κ2) is 4.66. The van der Waals surface area contributed by atoms with Crippen molar-refractivity contribution < 1.29 is 9.21 Å². The zero-order valence-corrected chi connectivity index (χ0v) is 11.7. The van der Waals surface area contributed by atoms with Gasteiger partial charge in [-0.15, -0.1) is 0 Å². The Kier molecular flexibility index (Phi) is 3.32. The van der Waals surface area contributed by atoms with E-state index in [0.717, 1.165) is 5.52 Å². The lowest BCUT2D eigenvalue weighted by atomic mass is 9.87. The first-order valence-electron chi connectivity index (χ1n) is 6.21. The van der Waals surface area contributed by atoms with Crippen LogP contribution in [-0.2, 0) is 4.79 Å². The number of benzene rings is 1. The Bertz CT molecular complexity index is 611. The number of oxazole rings is 1. The monoisotopic (exact) mass is 261 g/mol. The SMILES string of the molecule is Cc1nc2ccc(NC(=O)[C@@H](N)C(C)(C)C)cc2o1. The van der Waals surface area contributed by atoms with E-state index in [9.17, 15) is 4.79 Å². The summed E-state index contributed by atoms with van der Waals surface area (Å²) in [6.07, 6.45) is 0. The summed E-state index contributed by atoms with van der Waals surface area (Å²) >= 11 is 0. The van der Waals surface area contributed by atoms with Crippen molar-refractivity contribution in [3.05, 3.63) is 24.1 Å². The van der Waals surface area contributed by atoms with E-state index in [4.69, 9.17) is 10.2 Å². The summed E-state index contributed by atoms with van der Waals surface area (Å²) in [5, 5.41) is 2.80. The summed E-state index contributed by atoms with van der Waals surface area (Å²) in [7, 11) is 0.